The van der Waals surface area contributed by atoms with Crippen LogP contribution in [0.25, 0.3) is 0 Å². The second kappa shape index (κ2) is 5.92. The Morgan fingerprint density at radius 3 is 2.60 bits per heavy atom. The molecule has 0 unspecified atom stereocenters. The van der Waals surface area contributed by atoms with E-state index >= 15 is 0 Å². The van der Waals surface area contributed by atoms with Gasteiger partial charge < -0.3 is 10.4 Å². The normalized spacial score (nSPS) is 10.3. The summed E-state index contributed by atoms with van der Waals surface area (Å²) in [5.74, 6) is -1.43. The molecule has 104 valence electrons. The Morgan fingerprint density at radius 2 is 1.95 bits per heavy atom. The van der Waals surface area contributed by atoms with E-state index in [0.717, 1.165) is 5.56 Å². The number of aryl methyl sites for hydroxylation is 1. The predicted octanol–water partition coefficient (Wildman–Crippen LogP) is 4.16. The topological polar surface area (TPSA) is 49.3 Å². The molecule has 20 heavy (non-hydrogen) atoms. The van der Waals surface area contributed by atoms with Crippen molar-refractivity contribution in [3.63, 3.8) is 0 Å². The number of hydrogen-bond acceptors (Lipinski definition) is 2. The van der Waals surface area contributed by atoms with Crippen LogP contribution in [0, 0.1) is 12.7 Å². The Hall–Kier alpha value is -2.07. The first-order chi connectivity index (χ1) is 9.49. The third-order valence-electron chi connectivity index (χ3n) is 2.91. The molecule has 0 bridgehead atoms. The minimum absolute atomic E-state index is 0.143. The van der Waals surface area contributed by atoms with Gasteiger partial charge in [-0.3, -0.25) is 4.79 Å². The summed E-state index contributed by atoms with van der Waals surface area (Å²) in [4.78, 5) is 10.9. The molecule has 0 saturated carbocycles. The fraction of sp³-hybridized carbons (Fsp3) is 0.133. The number of aliphatic carboxylic acids is 1. The Balaban J connectivity index is 2.45. The lowest BCUT2D eigenvalue weighted by molar-refractivity contribution is -0.136. The first-order valence-corrected chi connectivity index (χ1v) is 6.38. The Morgan fingerprint density at radius 1 is 1.25 bits per heavy atom. The van der Waals surface area contributed by atoms with Gasteiger partial charge >= 0.3 is 5.97 Å². The molecule has 3 nitrogen and oxygen atoms in total. The summed E-state index contributed by atoms with van der Waals surface area (Å²) < 4.78 is 13.8. The fourth-order valence-electron chi connectivity index (χ4n) is 1.96. The SMILES string of the molecule is Cc1cccc(CC(=O)O)c1Nc1c(F)cccc1Cl. The van der Waals surface area contributed by atoms with Gasteiger partial charge in [-0.1, -0.05) is 35.9 Å². The van der Waals surface area contributed by atoms with Crippen molar-refractivity contribution in [1.82, 2.24) is 0 Å². The van der Waals surface area contributed by atoms with Crippen LogP contribution in [0.15, 0.2) is 36.4 Å². The molecule has 0 aliphatic rings. The smallest absolute Gasteiger partial charge is 0.307 e. The van der Waals surface area contributed by atoms with Gasteiger partial charge in [-0.2, -0.15) is 0 Å². The van der Waals surface area contributed by atoms with E-state index < -0.39 is 11.8 Å². The molecule has 0 aromatic heterocycles. The molecule has 2 rings (SSSR count). The summed E-state index contributed by atoms with van der Waals surface area (Å²) in [5.41, 5.74) is 2.12. The first-order valence-electron chi connectivity index (χ1n) is 6.00. The Kier molecular flexibility index (Phi) is 4.25. The van der Waals surface area contributed by atoms with E-state index in [1.807, 2.05) is 13.0 Å². The number of hydrogen-bond donors (Lipinski definition) is 2. The minimum Gasteiger partial charge on any atom is -0.481 e. The highest BCUT2D eigenvalue weighted by molar-refractivity contribution is 6.33. The highest BCUT2D eigenvalue weighted by atomic mass is 35.5. The molecule has 2 N–H and O–H groups in total. The summed E-state index contributed by atoms with van der Waals surface area (Å²) in [6.07, 6.45) is -0.143. The standard InChI is InChI=1S/C15H13ClFNO2/c1-9-4-2-5-10(8-13(19)20)14(9)18-15-11(16)6-3-7-12(15)17/h2-7,18H,8H2,1H3,(H,19,20). The number of anilines is 2. The molecular weight excluding hydrogens is 281 g/mol. The quantitative estimate of drug-likeness (QED) is 0.890. The van der Waals surface area contributed by atoms with Crippen molar-refractivity contribution in [1.29, 1.82) is 0 Å². The summed E-state index contributed by atoms with van der Waals surface area (Å²) in [7, 11) is 0. The van der Waals surface area contributed by atoms with Crippen LogP contribution in [0.5, 0.6) is 0 Å². The Labute approximate surface area is 121 Å². The molecular formula is C15H13ClFNO2. The Bertz CT molecular complexity index is 638. The maximum atomic E-state index is 13.8. The average Bonchev–Trinajstić information content (AvgIpc) is 2.36. The van der Waals surface area contributed by atoms with Crippen LogP contribution < -0.4 is 5.32 Å². The van der Waals surface area contributed by atoms with E-state index in [-0.39, 0.29) is 17.1 Å². The van der Waals surface area contributed by atoms with Gasteiger partial charge in [0.25, 0.3) is 0 Å². The summed E-state index contributed by atoms with van der Waals surface area (Å²) in [6.45, 7) is 1.82. The molecule has 0 amide bonds. The van der Waals surface area contributed by atoms with E-state index in [1.54, 1.807) is 18.2 Å². The third-order valence-corrected chi connectivity index (χ3v) is 3.23. The largest absolute Gasteiger partial charge is 0.481 e. The summed E-state index contributed by atoms with van der Waals surface area (Å²) in [5, 5.41) is 12.1. The minimum atomic E-state index is -0.946. The summed E-state index contributed by atoms with van der Waals surface area (Å²) >= 11 is 5.97. The van der Waals surface area contributed by atoms with E-state index in [0.29, 0.717) is 11.3 Å². The van der Waals surface area contributed by atoms with Crippen molar-refractivity contribution in [2.75, 3.05) is 5.32 Å². The average molecular weight is 294 g/mol. The lowest BCUT2D eigenvalue weighted by Crippen LogP contribution is -2.06. The maximum absolute atomic E-state index is 13.8. The molecule has 0 radical (unpaired) electrons. The predicted molar refractivity (Wildman–Crippen MR) is 77.2 cm³/mol. The van der Waals surface area contributed by atoms with E-state index in [4.69, 9.17) is 16.7 Å². The molecule has 0 fully saturated rings. The number of nitrogens with one attached hydrogen (secondary N) is 1. The molecule has 0 atom stereocenters. The van der Waals surface area contributed by atoms with Gasteiger partial charge in [0.05, 0.1) is 17.1 Å². The van der Waals surface area contributed by atoms with E-state index in [9.17, 15) is 9.18 Å². The highest BCUT2D eigenvalue weighted by Gasteiger charge is 2.13. The van der Waals surface area contributed by atoms with Crippen LogP contribution in [0.1, 0.15) is 11.1 Å². The molecule has 0 heterocycles. The van der Waals surface area contributed by atoms with Gasteiger partial charge in [-0.25, -0.2) is 4.39 Å². The van der Waals surface area contributed by atoms with Crippen LogP contribution in [0.3, 0.4) is 0 Å². The van der Waals surface area contributed by atoms with Gasteiger partial charge in [0, 0.05) is 5.69 Å². The van der Waals surface area contributed by atoms with Crippen molar-refractivity contribution in [2.24, 2.45) is 0 Å². The van der Waals surface area contributed by atoms with Crippen LogP contribution in [-0.2, 0) is 11.2 Å². The van der Waals surface area contributed by atoms with Crippen molar-refractivity contribution in [3.05, 3.63) is 58.4 Å². The number of carboxylic acid groups (broad SMARTS) is 1. The van der Waals surface area contributed by atoms with Gasteiger partial charge in [0.1, 0.15) is 5.82 Å². The van der Waals surface area contributed by atoms with Gasteiger partial charge in [0.2, 0.25) is 0 Å². The molecule has 0 spiro atoms. The number of rotatable bonds is 4. The van der Waals surface area contributed by atoms with Crippen molar-refractivity contribution in [2.45, 2.75) is 13.3 Å². The van der Waals surface area contributed by atoms with Crippen LogP contribution in [0.4, 0.5) is 15.8 Å². The second-order valence-electron chi connectivity index (χ2n) is 4.40. The fourth-order valence-corrected chi connectivity index (χ4v) is 2.17. The van der Waals surface area contributed by atoms with Crippen molar-refractivity contribution < 1.29 is 14.3 Å². The molecule has 2 aromatic carbocycles. The second-order valence-corrected chi connectivity index (χ2v) is 4.81. The molecule has 2 aromatic rings. The maximum Gasteiger partial charge on any atom is 0.307 e. The number of carbonyl (C=O) groups is 1. The van der Waals surface area contributed by atoms with Gasteiger partial charge in [-0.05, 0) is 30.2 Å². The highest BCUT2D eigenvalue weighted by Crippen LogP contribution is 2.31. The lowest BCUT2D eigenvalue weighted by Gasteiger charge is -2.15. The number of halogens is 2. The molecule has 0 saturated heterocycles. The third kappa shape index (κ3) is 3.08. The van der Waals surface area contributed by atoms with Gasteiger partial charge in [0.15, 0.2) is 0 Å². The monoisotopic (exact) mass is 293 g/mol. The van der Waals surface area contributed by atoms with Crippen LogP contribution >= 0.6 is 11.6 Å². The number of para-hydroxylation sites is 2. The van der Waals surface area contributed by atoms with E-state index in [1.165, 1.54) is 12.1 Å². The zero-order chi connectivity index (χ0) is 14.7. The van der Waals surface area contributed by atoms with Crippen LogP contribution in [0.2, 0.25) is 5.02 Å². The number of benzene rings is 2. The zero-order valence-corrected chi connectivity index (χ0v) is 11.5. The molecule has 5 heteroatoms. The molecule has 0 aliphatic carbocycles. The van der Waals surface area contributed by atoms with Gasteiger partial charge in [-0.15, -0.1) is 0 Å². The van der Waals surface area contributed by atoms with Crippen LogP contribution in [-0.4, -0.2) is 11.1 Å². The molecule has 0 aliphatic heterocycles. The number of carboxylic acids is 1. The van der Waals surface area contributed by atoms with Crippen molar-refractivity contribution >= 4 is 28.9 Å². The van der Waals surface area contributed by atoms with Crippen molar-refractivity contribution in [3.8, 4) is 0 Å². The lowest BCUT2D eigenvalue weighted by atomic mass is 10.0. The first kappa shape index (κ1) is 14.3. The summed E-state index contributed by atoms with van der Waals surface area (Å²) in [6, 6.07) is 9.66. The zero-order valence-electron chi connectivity index (χ0n) is 10.8. The van der Waals surface area contributed by atoms with E-state index in [2.05, 4.69) is 5.32 Å².